The van der Waals surface area contributed by atoms with Gasteiger partial charge in [-0.1, -0.05) is 51.1 Å². The van der Waals surface area contributed by atoms with Gasteiger partial charge in [0.25, 0.3) is 0 Å². The van der Waals surface area contributed by atoms with Crippen molar-refractivity contribution in [3.63, 3.8) is 0 Å². The molecule has 0 fully saturated rings. The first-order valence-electron chi connectivity index (χ1n) is 7.24. The fraction of sp³-hybridized carbons (Fsp3) is 0.375. The van der Waals surface area contributed by atoms with E-state index < -0.39 is 18.2 Å². The van der Waals surface area contributed by atoms with E-state index in [1.54, 1.807) is 0 Å². The van der Waals surface area contributed by atoms with Crippen LogP contribution in [0.2, 0.25) is 18.1 Å². The van der Waals surface area contributed by atoms with Gasteiger partial charge in [-0.3, -0.25) is 4.03 Å². The van der Waals surface area contributed by atoms with Crippen molar-refractivity contribution in [2.45, 2.75) is 43.1 Å². The Morgan fingerprint density at radius 1 is 1.09 bits per heavy atom. The fourth-order valence-corrected chi connectivity index (χ4v) is 8.01. The Balaban J connectivity index is 2.44. The highest BCUT2D eigenvalue weighted by molar-refractivity contribution is 7.94. The molecule has 3 nitrogen and oxygen atoms in total. The van der Waals surface area contributed by atoms with Crippen LogP contribution in [-0.2, 0) is 9.92 Å². The second-order valence-corrected chi connectivity index (χ2v) is 15.2. The SMILES string of the molecule is CC(C)(C)[Si](C)(C)N=S(N)(=O)c1ccc(-c2ccccc2)s1. The molecule has 2 N–H and O–H groups in total. The molecule has 0 saturated heterocycles. The van der Waals surface area contributed by atoms with Gasteiger partial charge in [0, 0.05) is 4.88 Å². The zero-order chi connectivity index (χ0) is 16.6. The summed E-state index contributed by atoms with van der Waals surface area (Å²) in [6, 6.07) is 13.9. The van der Waals surface area contributed by atoms with Crippen molar-refractivity contribution < 1.29 is 4.21 Å². The highest BCUT2D eigenvalue weighted by Gasteiger charge is 2.37. The van der Waals surface area contributed by atoms with Gasteiger partial charge in [0.1, 0.15) is 14.1 Å². The topological polar surface area (TPSA) is 55.4 Å². The molecule has 1 aromatic heterocycles. The molecular formula is C16H24N2OS2Si. The predicted octanol–water partition coefficient (Wildman–Crippen LogP) is 5.12. The smallest absolute Gasteiger partial charge is 0.195 e. The largest absolute Gasteiger partial charge is 0.261 e. The Kier molecular flexibility index (Phi) is 4.68. The lowest BCUT2D eigenvalue weighted by Crippen LogP contribution is -2.37. The summed E-state index contributed by atoms with van der Waals surface area (Å²) in [6.07, 6.45) is 0. The van der Waals surface area contributed by atoms with Crippen LogP contribution in [0, 0.1) is 0 Å². The number of benzene rings is 1. The molecule has 1 unspecified atom stereocenters. The van der Waals surface area contributed by atoms with E-state index in [2.05, 4.69) is 37.9 Å². The summed E-state index contributed by atoms with van der Waals surface area (Å²) in [5.41, 5.74) is 1.11. The van der Waals surface area contributed by atoms with Crippen molar-refractivity contribution in [1.82, 2.24) is 0 Å². The Hall–Kier alpha value is -0.953. The van der Waals surface area contributed by atoms with E-state index in [1.165, 1.54) is 11.3 Å². The van der Waals surface area contributed by atoms with Crippen LogP contribution in [-0.4, -0.2) is 12.4 Å². The maximum absolute atomic E-state index is 13.0. The van der Waals surface area contributed by atoms with E-state index in [-0.39, 0.29) is 5.04 Å². The molecule has 1 atom stereocenters. The second-order valence-electron chi connectivity index (χ2n) is 6.95. The van der Waals surface area contributed by atoms with Gasteiger partial charge in [0.05, 0.1) is 0 Å². The number of nitrogens with two attached hydrogens (primary N) is 1. The van der Waals surface area contributed by atoms with Crippen LogP contribution in [0.5, 0.6) is 0 Å². The predicted molar refractivity (Wildman–Crippen MR) is 100.0 cm³/mol. The van der Waals surface area contributed by atoms with Crippen LogP contribution in [0.3, 0.4) is 0 Å². The number of hydrogen-bond donors (Lipinski definition) is 1. The highest BCUT2D eigenvalue weighted by atomic mass is 32.2. The molecule has 6 heteroatoms. The lowest BCUT2D eigenvalue weighted by atomic mass is 10.2. The number of thiophene rings is 1. The maximum atomic E-state index is 13.0. The van der Waals surface area contributed by atoms with E-state index in [9.17, 15) is 4.21 Å². The fourth-order valence-electron chi connectivity index (χ4n) is 1.76. The van der Waals surface area contributed by atoms with E-state index >= 15 is 0 Å². The Morgan fingerprint density at radius 3 is 2.23 bits per heavy atom. The monoisotopic (exact) mass is 352 g/mol. The van der Waals surface area contributed by atoms with Crippen LogP contribution in [0.15, 0.2) is 50.7 Å². The van der Waals surface area contributed by atoms with Gasteiger partial charge < -0.3 is 0 Å². The summed E-state index contributed by atoms with van der Waals surface area (Å²) < 4.78 is 18.3. The van der Waals surface area contributed by atoms with Crippen LogP contribution >= 0.6 is 11.3 Å². The summed E-state index contributed by atoms with van der Waals surface area (Å²) in [5, 5.41) is 6.14. The van der Waals surface area contributed by atoms with Crippen molar-refractivity contribution in [2.24, 2.45) is 9.17 Å². The first-order chi connectivity index (χ1) is 10.0. The minimum atomic E-state index is -2.83. The third kappa shape index (κ3) is 3.68. The number of hydrogen-bond acceptors (Lipinski definition) is 3. The van der Waals surface area contributed by atoms with Gasteiger partial charge in [-0.2, -0.15) is 0 Å². The van der Waals surface area contributed by atoms with Crippen molar-refractivity contribution in [3.8, 4) is 10.4 Å². The Bertz CT molecular complexity index is 767. The second kappa shape index (κ2) is 5.92. The quantitative estimate of drug-likeness (QED) is 0.766. The van der Waals surface area contributed by atoms with Gasteiger partial charge in [-0.05, 0) is 35.8 Å². The molecule has 22 heavy (non-hydrogen) atoms. The minimum absolute atomic E-state index is 0.0224. The molecule has 2 rings (SSSR count). The summed E-state index contributed by atoms with van der Waals surface area (Å²) in [5.74, 6) is 0. The van der Waals surface area contributed by atoms with Gasteiger partial charge >= 0.3 is 0 Å². The molecule has 2 aromatic rings. The summed E-state index contributed by atoms with van der Waals surface area (Å²) in [4.78, 5) is 1.07. The van der Waals surface area contributed by atoms with Crippen molar-refractivity contribution in [1.29, 1.82) is 0 Å². The van der Waals surface area contributed by atoms with E-state index in [4.69, 9.17) is 5.14 Å². The molecule has 0 bridgehead atoms. The normalized spacial score (nSPS) is 15.4. The maximum Gasteiger partial charge on any atom is 0.195 e. The number of rotatable bonds is 3. The zero-order valence-electron chi connectivity index (χ0n) is 13.8. The van der Waals surface area contributed by atoms with Gasteiger partial charge in [0.15, 0.2) is 8.24 Å². The highest BCUT2D eigenvalue weighted by Crippen LogP contribution is 2.39. The summed E-state index contributed by atoms with van der Waals surface area (Å²) in [7, 11) is -4.89. The van der Waals surface area contributed by atoms with Crippen molar-refractivity contribution in [3.05, 3.63) is 42.5 Å². The van der Waals surface area contributed by atoms with Crippen LogP contribution in [0.1, 0.15) is 20.8 Å². The third-order valence-electron chi connectivity index (χ3n) is 4.13. The molecule has 0 spiro atoms. The lowest BCUT2D eigenvalue weighted by Gasteiger charge is -2.32. The van der Waals surface area contributed by atoms with Gasteiger partial charge in [-0.25, -0.2) is 9.35 Å². The molecule has 0 aliphatic carbocycles. The third-order valence-corrected chi connectivity index (χ3v) is 13.3. The van der Waals surface area contributed by atoms with Crippen LogP contribution < -0.4 is 5.14 Å². The lowest BCUT2D eigenvalue weighted by molar-refractivity contribution is 0.677. The first kappa shape index (κ1) is 17.4. The molecule has 1 aromatic carbocycles. The summed E-state index contributed by atoms with van der Waals surface area (Å²) in [6.45, 7) is 10.7. The van der Waals surface area contributed by atoms with Gasteiger partial charge in [-0.15, -0.1) is 11.3 Å². The standard InChI is InChI=1S/C16H24N2OS2Si/c1-16(2,3)22(4,5)18-21(17,19)15-12-11-14(20-15)13-9-7-6-8-10-13/h6-12H,1-5H3,(H2,17,18,19). The van der Waals surface area contributed by atoms with Crippen molar-refractivity contribution in [2.75, 3.05) is 0 Å². The molecule has 0 saturated carbocycles. The molecule has 1 heterocycles. The van der Waals surface area contributed by atoms with Crippen LogP contribution in [0.25, 0.3) is 10.4 Å². The van der Waals surface area contributed by atoms with E-state index in [0.29, 0.717) is 4.21 Å². The minimum Gasteiger partial charge on any atom is -0.261 e. The first-order valence-corrected chi connectivity index (χ1v) is 12.6. The summed E-state index contributed by atoms with van der Waals surface area (Å²) >= 11 is 1.47. The molecule has 0 amide bonds. The van der Waals surface area contributed by atoms with E-state index in [1.807, 2.05) is 42.5 Å². The molecule has 0 aliphatic rings. The molecule has 0 radical (unpaired) electrons. The Morgan fingerprint density at radius 2 is 1.68 bits per heavy atom. The average molecular weight is 353 g/mol. The number of nitrogens with zero attached hydrogens (tertiary/aromatic N) is 1. The molecule has 0 aliphatic heterocycles. The molecule has 120 valence electrons. The molecular weight excluding hydrogens is 328 g/mol. The van der Waals surface area contributed by atoms with E-state index in [0.717, 1.165) is 10.4 Å². The van der Waals surface area contributed by atoms with Crippen LogP contribution in [0.4, 0.5) is 0 Å². The Labute approximate surface area is 139 Å². The van der Waals surface area contributed by atoms with Crippen molar-refractivity contribution >= 4 is 29.5 Å². The van der Waals surface area contributed by atoms with Gasteiger partial charge in [0.2, 0.25) is 0 Å². The average Bonchev–Trinajstić information content (AvgIpc) is 2.87. The zero-order valence-corrected chi connectivity index (χ0v) is 16.4.